The SMILES string of the molecule is CN1CCN(C(=O)c2cn(Cc3cncn3CCc3ccccc3O)cc2-c2cccc3ccccc23)CC1. The molecular formula is C32H33N5O2. The number of aryl methyl sites for hydroxylation is 2. The minimum atomic E-state index is 0.0813. The summed E-state index contributed by atoms with van der Waals surface area (Å²) in [5.41, 5.74) is 4.71. The molecule has 0 aliphatic carbocycles. The number of benzene rings is 3. The molecule has 0 bridgehead atoms. The summed E-state index contributed by atoms with van der Waals surface area (Å²) in [4.78, 5) is 22.5. The average molecular weight is 520 g/mol. The molecule has 3 heterocycles. The number of phenolic OH excluding ortho intramolecular Hbond substituents is 1. The van der Waals surface area contributed by atoms with E-state index in [1.165, 1.54) is 0 Å². The molecule has 1 saturated heterocycles. The van der Waals surface area contributed by atoms with Gasteiger partial charge in [0, 0.05) is 56.9 Å². The van der Waals surface area contributed by atoms with Gasteiger partial charge in [0.25, 0.3) is 5.91 Å². The van der Waals surface area contributed by atoms with E-state index in [0.29, 0.717) is 25.3 Å². The number of piperazine rings is 1. The number of amides is 1. The molecule has 39 heavy (non-hydrogen) atoms. The van der Waals surface area contributed by atoms with Crippen molar-refractivity contribution >= 4 is 16.7 Å². The molecule has 0 radical (unpaired) electrons. The second-order valence-corrected chi connectivity index (χ2v) is 10.3. The summed E-state index contributed by atoms with van der Waals surface area (Å²) in [5.74, 6) is 0.397. The minimum Gasteiger partial charge on any atom is -0.508 e. The Bertz CT molecular complexity index is 1600. The number of hydrogen-bond acceptors (Lipinski definition) is 4. The number of aromatic hydroxyl groups is 1. The zero-order valence-corrected chi connectivity index (χ0v) is 22.2. The van der Waals surface area contributed by atoms with E-state index in [1.54, 1.807) is 6.07 Å². The second kappa shape index (κ2) is 10.8. The maximum absolute atomic E-state index is 13.9. The molecule has 5 aromatic rings. The summed E-state index contributed by atoms with van der Waals surface area (Å²) in [6.07, 6.45) is 8.52. The Hall–Kier alpha value is -4.36. The van der Waals surface area contributed by atoms with Crippen LogP contribution in [0.25, 0.3) is 21.9 Å². The largest absolute Gasteiger partial charge is 0.508 e. The van der Waals surface area contributed by atoms with Crippen LogP contribution in [0, 0.1) is 0 Å². The van der Waals surface area contributed by atoms with Gasteiger partial charge < -0.3 is 24.0 Å². The molecule has 6 rings (SSSR count). The van der Waals surface area contributed by atoms with Gasteiger partial charge in [-0.2, -0.15) is 0 Å². The van der Waals surface area contributed by atoms with Crippen LogP contribution in [0.15, 0.2) is 91.6 Å². The number of rotatable bonds is 7. The molecule has 0 unspecified atom stereocenters. The predicted molar refractivity (Wildman–Crippen MR) is 154 cm³/mol. The minimum absolute atomic E-state index is 0.0813. The number of imidazole rings is 1. The van der Waals surface area contributed by atoms with Crippen molar-refractivity contribution in [2.24, 2.45) is 0 Å². The Morgan fingerprint density at radius 2 is 1.67 bits per heavy atom. The third-order valence-corrected chi connectivity index (χ3v) is 7.74. The van der Waals surface area contributed by atoms with E-state index < -0.39 is 0 Å². The Morgan fingerprint density at radius 3 is 2.51 bits per heavy atom. The fourth-order valence-corrected chi connectivity index (χ4v) is 5.46. The Balaban J connectivity index is 1.33. The number of aromatic nitrogens is 3. The van der Waals surface area contributed by atoms with Gasteiger partial charge >= 0.3 is 0 Å². The fraction of sp³-hybridized carbons (Fsp3) is 0.250. The molecular weight excluding hydrogens is 486 g/mol. The maximum atomic E-state index is 13.9. The van der Waals surface area contributed by atoms with Gasteiger partial charge in [-0.05, 0) is 41.4 Å². The number of fused-ring (bicyclic) bond motifs is 1. The van der Waals surface area contributed by atoms with Gasteiger partial charge in [-0.3, -0.25) is 4.79 Å². The highest BCUT2D eigenvalue weighted by molar-refractivity contribution is 6.06. The Kier molecular flexibility index (Phi) is 6.90. The van der Waals surface area contributed by atoms with Crippen LogP contribution < -0.4 is 0 Å². The molecule has 1 amide bonds. The molecule has 7 nitrogen and oxygen atoms in total. The first-order valence-corrected chi connectivity index (χ1v) is 13.5. The lowest BCUT2D eigenvalue weighted by Crippen LogP contribution is -2.47. The zero-order chi connectivity index (χ0) is 26.8. The van der Waals surface area contributed by atoms with Crippen molar-refractivity contribution in [3.8, 4) is 16.9 Å². The smallest absolute Gasteiger partial charge is 0.256 e. The van der Waals surface area contributed by atoms with Gasteiger partial charge in [0.15, 0.2) is 0 Å². The van der Waals surface area contributed by atoms with Gasteiger partial charge in [-0.1, -0.05) is 60.7 Å². The summed E-state index contributed by atoms with van der Waals surface area (Å²) in [6, 6.07) is 22.1. The first-order chi connectivity index (χ1) is 19.1. The Labute approximate surface area is 228 Å². The number of nitrogens with zero attached hydrogens (tertiary/aromatic N) is 5. The summed E-state index contributed by atoms with van der Waals surface area (Å²) in [5, 5.41) is 12.5. The third-order valence-electron chi connectivity index (χ3n) is 7.74. The van der Waals surface area contributed by atoms with Crippen LogP contribution in [0.4, 0.5) is 0 Å². The van der Waals surface area contributed by atoms with Crippen LogP contribution in [-0.2, 0) is 19.5 Å². The van der Waals surface area contributed by atoms with E-state index in [2.05, 4.69) is 62.6 Å². The lowest BCUT2D eigenvalue weighted by molar-refractivity contribution is 0.0665. The molecule has 1 aliphatic heterocycles. The van der Waals surface area contributed by atoms with Crippen molar-refractivity contribution in [2.75, 3.05) is 33.2 Å². The van der Waals surface area contributed by atoms with E-state index in [1.807, 2.05) is 54.0 Å². The molecule has 0 saturated carbocycles. The zero-order valence-electron chi connectivity index (χ0n) is 22.2. The van der Waals surface area contributed by atoms with Crippen LogP contribution in [0.1, 0.15) is 21.6 Å². The summed E-state index contributed by atoms with van der Waals surface area (Å²) in [6.45, 7) is 4.52. The average Bonchev–Trinajstić information content (AvgIpc) is 3.59. The highest BCUT2D eigenvalue weighted by Crippen LogP contribution is 2.33. The number of para-hydroxylation sites is 1. The molecule has 198 valence electrons. The van der Waals surface area contributed by atoms with Crippen molar-refractivity contribution in [3.63, 3.8) is 0 Å². The van der Waals surface area contributed by atoms with Crippen molar-refractivity contribution in [3.05, 3.63) is 108 Å². The van der Waals surface area contributed by atoms with E-state index >= 15 is 0 Å². The van der Waals surface area contributed by atoms with Crippen LogP contribution in [0.2, 0.25) is 0 Å². The van der Waals surface area contributed by atoms with Crippen molar-refractivity contribution in [2.45, 2.75) is 19.5 Å². The van der Waals surface area contributed by atoms with Crippen LogP contribution >= 0.6 is 0 Å². The molecule has 1 N–H and O–H groups in total. The molecule has 1 aliphatic rings. The van der Waals surface area contributed by atoms with Crippen LogP contribution in [0.3, 0.4) is 0 Å². The van der Waals surface area contributed by atoms with Gasteiger partial charge in [0.1, 0.15) is 5.75 Å². The van der Waals surface area contributed by atoms with Gasteiger partial charge in [-0.25, -0.2) is 4.98 Å². The van der Waals surface area contributed by atoms with Gasteiger partial charge in [0.05, 0.1) is 24.1 Å². The molecule has 3 aromatic carbocycles. The summed E-state index contributed by atoms with van der Waals surface area (Å²) < 4.78 is 4.22. The van der Waals surface area contributed by atoms with Gasteiger partial charge in [-0.15, -0.1) is 0 Å². The summed E-state index contributed by atoms with van der Waals surface area (Å²) in [7, 11) is 2.10. The molecule has 1 fully saturated rings. The second-order valence-electron chi connectivity index (χ2n) is 10.3. The molecule has 0 atom stereocenters. The normalized spacial score (nSPS) is 14.2. The number of likely N-dealkylation sites (N-methyl/N-ethyl adjacent to an activating group) is 1. The van der Waals surface area contributed by atoms with Gasteiger partial charge in [0.2, 0.25) is 0 Å². The molecule has 2 aromatic heterocycles. The predicted octanol–water partition coefficient (Wildman–Crippen LogP) is 4.89. The first-order valence-electron chi connectivity index (χ1n) is 13.5. The number of hydrogen-bond donors (Lipinski definition) is 1. The van der Waals surface area contributed by atoms with Crippen molar-refractivity contribution in [1.29, 1.82) is 0 Å². The summed E-state index contributed by atoms with van der Waals surface area (Å²) >= 11 is 0. The number of carbonyl (C=O) groups is 1. The Morgan fingerprint density at radius 1 is 0.897 bits per heavy atom. The quantitative estimate of drug-likeness (QED) is 0.333. The fourth-order valence-electron chi connectivity index (χ4n) is 5.46. The third kappa shape index (κ3) is 5.18. The maximum Gasteiger partial charge on any atom is 0.256 e. The molecule has 7 heteroatoms. The lowest BCUT2D eigenvalue weighted by Gasteiger charge is -2.32. The van der Waals surface area contributed by atoms with Crippen molar-refractivity contribution < 1.29 is 9.90 Å². The first kappa shape index (κ1) is 24.9. The highest BCUT2D eigenvalue weighted by Gasteiger charge is 2.25. The number of carbonyl (C=O) groups excluding carboxylic acids is 1. The standard InChI is InChI=1S/C32H33N5O2/c1-34-15-17-36(18-16-34)32(39)30-22-35(21-29(30)28-11-6-9-24-7-2-4-10-27(24)28)20-26-19-33-23-37(26)14-13-25-8-3-5-12-31(25)38/h2-12,19,21-23,38H,13-18,20H2,1H3. The molecule has 0 spiro atoms. The van der Waals surface area contributed by atoms with Crippen LogP contribution in [0.5, 0.6) is 5.75 Å². The van der Waals surface area contributed by atoms with E-state index in [9.17, 15) is 9.90 Å². The lowest BCUT2D eigenvalue weighted by atomic mass is 9.97. The number of phenols is 1. The van der Waals surface area contributed by atoms with Crippen molar-refractivity contribution in [1.82, 2.24) is 23.9 Å². The highest BCUT2D eigenvalue weighted by atomic mass is 16.3. The topological polar surface area (TPSA) is 66.5 Å². The van der Waals surface area contributed by atoms with E-state index in [0.717, 1.165) is 64.9 Å². The van der Waals surface area contributed by atoms with E-state index in [-0.39, 0.29) is 5.91 Å². The monoisotopic (exact) mass is 519 g/mol. The van der Waals surface area contributed by atoms with Crippen LogP contribution in [-0.4, -0.2) is 68.2 Å². The van der Waals surface area contributed by atoms with E-state index in [4.69, 9.17) is 0 Å².